The number of nitrogens with zero attached hydrogens (tertiary/aromatic N) is 1. The van der Waals surface area contributed by atoms with Crippen molar-refractivity contribution in [2.45, 2.75) is 12.5 Å². The summed E-state index contributed by atoms with van der Waals surface area (Å²) in [6.45, 7) is -0.385. The molecule has 1 saturated heterocycles. The van der Waals surface area contributed by atoms with Crippen molar-refractivity contribution < 1.29 is 19.4 Å². The van der Waals surface area contributed by atoms with Gasteiger partial charge in [-0.15, -0.1) is 0 Å². The van der Waals surface area contributed by atoms with E-state index in [-0.39, 0.29) is 6.73 Å². The van der Waals surface area contributed by atoms with Gasteiger partial charge in [0.05, 0.1) is 0 Å². The van der Waals surface area contributed by atoms with Crippen molar-refractivity contribution >= 4 is 6.03 Å². The normalized spacial score (nSPS) is 29.2. The highest BCUT2D eigenvalue weighted by atomic mass is 16.6. The maximum Gasteiger partial charge on any atom is 0.323 e. The third kappa shape index (κ3) is 1.36. The van der Waals surface area contributed by atoms with Crippen LogP contribution >= 0.6 is 0 Å². The van der Waals surface area contributed by atoms with Crippen molar-refractivity contribution in [2.24, 2.45) is 0 Å². The van der Waals surface area contributed by atoms with Gasteiger partial charge in [-0.1, -0.05) is 0 Å². The van der Waals surface area contributed by atoms with E-state index in [0.29, 0.717) is 0 Å². The van der Waals surface area contributed by atoms with Gasteiger partial charge >= 0.3 is 6.03 Å². The van der Waals surface area contributed by atoms with Crippen molar-refractivity contribution in [1.29, 1.82) is 0 Å². The van der Waals surface area contributed by atoms with E-state index in [9.17, 15) is 4.79 Å². The van der Waals surface area contributed by atoms with Crippen molar-refractivity contribution in [2.75, 3.05) is 21.0 Å². The molecule has 1 aliphatic heterocycles. The third-order valence-corrected chi connectivity index (χ3v) is 1.74. The Morgan fingerprint density at radius 1 is 1.58 bits per heavy atom. The Hall–Kier alpha value is -0.850. The van der Waals surface area contributed by atoms with Gasteiger partial charge in [-0.2, -0.15) is 0 Å². The number of methoxy groups -OCH3 is 2. The zero-order valence-corrected chi connectivity index (χ0v) is 6.98. The first kappa shape index (κ1) is 9.24. The van der Waals surface area contributed by atoms with Gasteiger partial charge < -0.3 is 19.9 Å². The van der Waals surface area contributed by atoms with Crippen LogP contribution in [0.15, 0.2) is 0 Å². The van der Waals surface area contributed by atoms with E-state index in [4.69, 9.17) is 14.6 Å². The summed E-state index contributed by atoms with van der Waals surface area (Å²) >= 11 is 0. The molecule has 0 bridgehead atoms. The van der Waals surface area contributed by atoms with Gasteiger partial charge in [-0.25, -0.2) is 4.79 Å². The highest BCUT2D eigenvalue weighted by molar-refractivity contribution is 5.76. The average molecular weight is 176 g/mol. The maximum absolute atomic E-state index is 11.0. The van der Waals surface area contributed by atoms with Gasteiger partial charge in [-0.05, 0) is 0 Å². The molecular weight excluding hydrogens is 164 g/mol. The predicted molar refractivity (Wildman–Crippen MR) is 39.1 cm³/mol. The monoisotopic (exact) mass is 176 g/mol. The Morgan fingerprint density at radius 2 is 2.25 bits per heavy atom. The largest absolute Gasteiger partial charge is 0.376 e. The van der Waals surface area contributed by atoms with Crippen LogP contribution in [-0.2, 0) is 9.47 Å². The first-order valence-electron chi connectivity index (χ1n) is 3.48. The summed E-state index contributed by atoms with van der Waals surface area (Å²) in [6.07, 6.45) is -1.08. The Bertz CT molecular complexity index is 175. The molecule has 0 unspecified atom stereocenters. The molecule has 0 aromatic carbocycles. The zero-order valence-electron chi connectivity index (χ0n) is 6.98. The van der Waals surface area contributed by atoms with Crippen LogP contribution in [0.5, 0.6) is 0 Å². The van der Waals surface area contributed by atoms with Crippen LogP contribution in [0.1, 0.15) is 0 Å². The molecule has 1 rings (SSSR count). The fourth-order valence-electron chi connectivity index (χ4n) is 1.13. The second-order valence-corrected chi connectivity index (χ2v) is 2.34. The molecule has 0 spiro atoms. The second kappa shape index (κ2) is 3.70. The van der Waals surface area contributed by atoms with Crippen LogP contribution in [0.25, 0.3) is 0 Å². The van der Waals surface area contributed by atoms with E-state index in [2.05, 4.69) is 5.32 Å². The molecule has 6 heteroatoms. The molecule has 12 heavy (non-hydrogen) atoms. The number of rotatable bonds is 3. The number of aliphatic hydroxyl groups is 1. The fraction of sp³-hybridized carbons (Fsp3) is 0.833. The first-order chi connectivity index (χ1) is 5.74. The summed E-state index contributed by atoms with van der Waals surface area (Å²) in [7, 11) is 2.90. The first-order valence-corrected chi connectivity index (χ1v) is 3.48. The molecule has 1 fully saturated rings. The van der Waals surface area contributed by atoms with E-state index in [1.807, 2.05) is 0 Å². The molecule has 2 amide bonds. The number of amides is 2. The summed E-state index contributed by atoms with van der Waals surface area (Å²) in [5.74, 6) is 0. The van der Waals surface area contributed by atoms with Crippen LogP contribution in [-0.4, -0.2) is 49.4 Å². The Labute approximate surface area is 70.1 Å². The number of carbonyl (C=O) groups is 1. The van der Waals surface area contributed by atoms with Crippen molar-refractivity contribution in [3.8, 4) is 0 Å². The molecule has 0 aromatic rings. The number of carbonyl (C=O) groups excluding carboxylic acids is 1. The van der Waals surface area contributed by atoms with Crippen LogP contribution < -0.4 is 5.32 Å². The molecular formula is C6H12N2O4. The lowest BCUT2D eigenvalue weighted by Crippen LogP contribution is -2.39. The van der Waals surface area contributed by atoms with Gasteiger partial charge in [0.25, 0.3) is 0 Å². The van der Waals surface area contributed by atoms with Gasteiger partial charge in [0.15, 0.2) is 12.5 Å². The zero-order chi connectivity index (χ0) is 9.14. The minimum Gasteiger partial charge on any atom is -0.376 e. The third-order valence-electron chi connectivity index (χ3n) is 1.74. The number of ether oxygens (including phenoxy) is 2. The van der Waals surface area contributed by atoms with Gasteiger partial charge in [0.2, 0.25) is 0 Å². The van der Waals surface area contributed by atoms with E-state index in [1.165, 1.54) is 14.2 Å². The molecule has 0 radical (unpaired) electrons. The van der Waals surface area contributed by atoms with Gasteiger partial charge in [-0.3, -0.25) is 4.90 Å². The Kier molecular flexibility index (Phi) is 2.85. The number of hydrogen-bond donors (Lipinski definition) is 2. The van der Waals surface area contributed by atoms with Crippen molar-refractivity contribution in [3.05, 3.63) is 0 Å². The molecule has 2 atom stereocenters. The highest BCUT2D eigenvalue weighted by Crippen LogP contribution is 2.13. The smallest absolute Gasteiger partial charge is 0.323 e. The molecule has 0 aliphatic carbocycles. The van der Waals surface area contributed by atoms with Crippen LogP contribution in [0.3, 0.4) is 0 Å². The van der Waals surface area contributed by atoms with Crippen LogP contribution in [0, 0.1) is 0 Å². The molecule has 1 aliphatic rings. The van der Waals surface area contributed by atoms with Crippen molar-refractivity contribution in [1.82, 2.24) is 10.2 Å². The van der Waals surface area contributed by atoms with E-state index in [0.717, 1.165) is 4.90 Å². The number of urea groups is 1. The summed E-state index contributed by atoms with van der Waals surface area (Å²) in [5.41, 5.74) is 0. The minimum absolute atomic E-state index is 0.385. The summed E-state index contributed by atoms with van der Waals surface area (Å²) in [4.78, 5) is 12.2. The number of nitrogens with one attached hydrogen (secondary N) is 1. The van der Waals surface area contributed by atoms with E-state index >= 15 is 0 Å². The molecule has 0 saturated carbocycles. The average Bonchev–Trinajstić information content (AvgIpc) is 2.40. The second-order valence-electron chi connectivity index (χ2n) is 2.34. The highest BCUT2D eigenvalue weighted by Gasteiger charge is 2.39. The predicted octanol–water partition coefficient (Wildman–Crippen LogP) is -1.09. The quantitative estimate of drug-likeness (QED) is 0.573. The topological polar surface area (TPSA) is 71.0 Å². The van der Waals surface area contributed by atoms with E-state index < -0.39 is 18.5 Å². The Balaban J connectivity index is 2.68. The molecule has 70 valence electrons. The maximum atomic E-state index is 11.0. The summed E-state index contributed by atoms with van der Waals surface area (Å²) in [5, 5.41) is 11.3. The summed E-state index contributed by atoms with van der Waals surface area (Å²) in [6, 6.07) is -0.392. The SMILES string of the molecule is CO[C@@H]1[C@H](OC)NC(=O)N1CO. The standard InChI is InChI=1S/C6H12N2O4/c1-11-4-5(12-2)8(3-9)6(10)7-4/h4-5,9H,3H2,1-2H3,(H,7,10)/t4-,5+/m0/s1. The fourth-order valence-corrected chi connectivity index (χ4v) is 1.13. The molecule has 6 nitrogen and oxygen atoms in total. The van der Waals surface area contributed by atoms with E-state index in [1.54, 1.807) is 0 Å². The van der Waals surface area contributed by atoms with Crippen LogP contribution in [0.4, 0.5) is 4.79 Å². The lowest BCUT2D eigenvalue weighted by atomic mass is 10.5. The number of aliphatic hydroxyl groups excluding tert-OH is 1. The minimum atomic E-state index is -0.563. The molecule has 1 heterocycles. The van der Waals surface area contributed by atoms with Gasteiger partial charge in [0, 0.05) is 14.2 Å². The molecule has 0 aromatic heterocycles. The van der Waals surface area contributed by atoms with Gasteiger partial charge in [0.1, 0.15) is 6.73 Å². The number of hydrogen-bond acceptors (Lipinski definition) is 4. The lowest BCUT2D eigenvalue weighted by molar-refractivity contribution is -0.0955. The summed E-state index contributed by atoms with van der Waals surface area (Å²) < 4.78 is 9.85. The molecule has 2 N–H and O–H groups in total. The van der Waals surface area contributed by atoms with Crippen molar-refractivity contribution in [3.63, 3.8) is 0 Å². The van der Waals surface area contributed by atoms with Crippen LogP contribution in [0.2, 0.25) is 0 Å². The Morgan fingerprint density at radius 3 is 2.67 bits per heavy atom. The lowest BCUT2D eigenvalue weighted by Gasteiger charge is -2.21.